The molecule has 2 saturated heterocycles. The molecule has 30 heavy (non-hydrogen) atoms. The van der Waals surface area contributed by atoms with Crippen molar-refractivity contribution >= 4 is 16.8 Å². The molecule has 0 atom stereocenters. The van der Waals surface area contributed by atoms with Crippen LogP contribution in [-0.4, -0.2) is 67.7 Å². The van der Waals surface area contributed by atoms with Gasteiger partial charge in [-0.15, -0.1) is 0 Å². The normalized spacial score (nSPS) is 21.7. The molecule has 3 fully saturated rings. The molecule has 156 valence electrons. The van der Waals surface area contributed by atoms with Crippen LogP contribution in [0.5, 0.6) is 0 Å². The van der Waals surface area contributed by atoms with E-state index in [1.807, 2.05) is 29.1 Å². The number of likely N-dealkylation sites (tertiary alicyclic amines) is 1. The zero-order chi connectivity index (χ0) is 20.3. The van der Waals surface area contributed by atoms with Crippen LogP contribution in [0.1, 0.15) is 43.5 Å². The van der Waals surface area contributed by atoms with E-state index in [0.29, 0.717) is 50.9 Å². The standard InChI is InChI=1S/C21H23N5O4/c27-20(21(28)5-6-21)25-7-3-13(4-8-25)18-23-19(30-24-18)14-1-2-15-10-22-26(17(15)9-14)16-11-29-12-16/h1-2,9-10,13,16,28H,3-8,11-12H2. The van der Waals surface area contributed by atoms with E-state index in [1.54, 1.807) is 4.90 Å². The molecule has 9 heteroatoms. The van der Waals surface area contributed by atoms with Crippen molar-refractivity contribution in [1.82, 2.24) is 24.8 Å². The molecule has 1 aliphatic carbocycles. The van der Waals surface area contributed by atoms with E-state index in [4.69, 9.17) is 9.26 Å². The summed E-state index contributed by atoms with van der Waals surface area (Å²) >= 11 is 0. The number of nitrogens with zero attached hydrogens (tertiary/aromatic N) is 5. The van der Waals surface area contributed by atoms with Gasteiger partial charge in [0.05, 0.1) is 31.0 Å². The first kappa shape index (κ1) is 18.0. The van der Waals surface area contributed by atoms with E-state index < -0.39 is 5.60 Å². The highest BCUT2D eigenvalue weighted by atomic mass is 16.5. The van der Waals surface area contributed by atoms with Crippen LogP contribution in [0, 0.1) is 0 Å². The molecule has 2 aliphatic heterocycles. The Labute approximate surface area is 172 Å². The number of aliphatic hydroxyl groups is 1. The van der Waals surface area contributed by atoms with Crippen LogP contribution in [0.25, 0.3) is 22.4 Å². The Morgan fingerprint density at radius 1 is 1.20 bits per heavy atom. The van der Waals surface area contributed by atoms with Crippen molar-refractivity contribution < 1.29 is 19.2 Å². The summed E-state index contributed by atoms with van der Waals surface area (Å²) in [5.74, 6) is 1.21. The smallest absolute Gasteiger partial charge is 0.258 e. The lowest BCUT2D eigenvalue weighted by Crippen LogP contribution is -2.44. The molecule has 0 radical (unpaired) electrons. The number of hydrogen-bond donors (Lipinski definition) is 1. The molecule has 1 N–H and O–H groups in total. The van der Waals surface area contributed by atoms with Gasteiger partial charge in [0.2, 0.25) is 0 Å². The van der Waals surface area contributed by atoms with Gasteiger partial charge in [0, 0.05) is 30.0 Å². The summed E-state index contributed by atoms with van der Waals surface area (Å²) in [6.07, 6.45) is 4.57. The number of rotatable bonds is 4. The van der Waals surface area contributed by atoms with Gasteiger partial charge >= 0.3 is 0 Å². The lowest BCUT2D eigenvalue weighted by atomic mass is 9.95. The molecule has 0 unspecified atom stereocenters. The number of benzene rings is 1. The summed E-state index contributed by atoms with van der Waals surface area (Å²) in [6.45, 7) is 2.60. The number of amides is 1. The predicted octanol–water partition coefficient (Wildman–Crippen LogP) is 1.89. The molecule has 3 aromatic rings. The molecule has 0 spiro atoms. The third-order valence-corrected chi connectivity index (χ3v) is 6.52. The molecule has 9 nitrogen and oxygen atoms in total. The average Bonchev–Trinajstić information content (AvgIpc) is 3.15. The summed E-state index contributed by atoms with van der Waals surface area (Å²) in [5.41, 5.74) is 0.806. The average molecular weight is 409 g/mol. The maximum Gasteiger partial charge on any atom is 0.258 e. The third-order valence-electron chi connectivity index (χ3n) is 6.52. The van der Waals surface area contributed by atoms with Gasteiger partial charge in [0.1, 0.15) is 5.60 Å². The van der Waals surface area contributed by atoms with E-state index in [0.717, 1.165) is 29.3 Å². The highest BCUT2D eigenvalue weighted by Gasteiger charge is 2.50. The fraction of sp³-hybridized carbons (Fsp3) is 0.524. The molecular formula is C21H23N5O4. The Hall–Kier alpha value is -2.78. The van der Waals surface area contributed by atoms with E-state index in [2.05, 4.69) is 15.2 Å². The van der Waals surface area contributed by atoms with E-state index in [1.165, 1.54) is 0 Å². The highest BCUT2D eigenvalue weighted by molar-refractivity contribution is 5.88. The summed E-state index contributed by atoms with van der Waals surface area (Å²) in [6, 6.07) is 6.30. The molecule has 6 rings (SSSR count). The van der Waals surface area contributed by atoms with Gasteiger partial charge < -0.3 is 19.3 Å². The largest absolute Gasteiger partial charge is 0.380 e. The molecule has 1 aromatic carbocycles. The molecule has 3 aliphatic rings. The van der Waals surface area contributed by atoms with Gasteiger partial charge in [-0.2, -0.15) is 10.1 Å². The number of ether oxygens (including phenoxy) is 1. The number of carbonyl (C=O) groups is 1. The highest BCUT2D eigenvalue weighted by Crippen LogP contribution is 2.38. The minimum absolute atomic E-state index is 0.128. The van der Waals surface area contributed by atoms with Gasteiger partial charge in [-0.3, -0.25) is 9.48 Å². The Kier molecular flexibility index (Phi) is 3.97. The van der Waals surface area contributed by atoms with Crippen LogP contribution >= 0.6 is 0 Å². The van der Waals surface area contributed by atoms with Crippen LogP contribution in [0.2, 0.25) is 0 Å². The van der Waals surface area contributed by atoms with Crippen molar-refractivity contribution in [2.24, 2.45) is 0 Å². The van der Waals surface area contributed by atoms with Crippen molar-refractivity contribution in [2.45, 2.75) is 43.2 Å². The fourth-order valence-corrected chi connectivity index (χ4v) is 4.31. The molecule has 4 heterocycles. The first-order valence-corrected chi connectivity index (χ1v) is 10.5. The summed E-state index contributed by atoms with van der Waals surface area (Å²) in [4.78, 5) is 18.7. The van der Waals surface area contributed by atoms with Crippen LogP contribution in [-0.2, 0) is 9.53 Å². The fourth-order valence-electron chi connectivity index (χ4n) is 4.31. The maximum atomic E-state index is 12.3. The first-order valence-electron chi connectivity index (χ1n) is 10.5. The molecule has 1 amide bonds. The molecule has 1 saturated carbocycles. The third kappa shape index (κ3) is 2.92. The Morgan fingerprint density at radius 2 is 2.00 bits per heavy atom. The summed E-state index contributed by atoms with van der Waals surface area (Å²) in [7, 11) is 0. The lowest BCUT2D eigenvalue weighted by molar-refractivity contribution is -0.143. The second-order valence-electron chi connectivity index (χ2n) is 8.61. The number of aromatic nitrogens is 4. The minimum atomic E-state index is -1.09. The van der Waals surface area contributed by atoms with Crippen molar-refractivity contribution in [1.29, 1.82) is 0 Å². The Morgan fingerprint density at radius 3 is 2.70 bits per heavy atom. The summed E-state index contributed by atoms with van der Waals surface area (Å²) in [5, 5.41) is 19.8. The Bertz CT molecular complexity index is 1110. The number of fused-ring (bicyclic) bond motifs is 1. The van der Waals surface area contributed by atoms with E-state index >= 15 is 0 Å². The zero-order valence-electron chi connectivity index (χ0n) is 16.5. The van der Waals surface area contributed by atoms with Gasteiger partial charge in [0.15, 0.2) is 5.82 Å². The quantitative estimate of drug-likeness (QED) is 0.701. The van der Waals surface area contributed by atoms with Gasteiger partial charge in [0.25, 0.3) is 11.8 Å². The van der Waals surface area contributed by atoms with Gasteiger partial charge in [-0.05, 0) is 37.8 Å². The number of carbonyl (C=O) groups excluding carboxylic acids is 1. The van der Waals surface area contributed by atoms with Crippen molar-refractivity contribution in [2.75, 3.05) is 26.3 Å². The number of piperidine rings is 1. The van der Waals surface area contributed by atoms with Crippen molar-refractivity contribution in [3.8, 4) is 11.5 Å². The lowest BCUT2D eigenvalue weighted by Gasteiger charge is -2.32. The maximum absolute atomic E-state index is 12.3. The monoisotopic (exact) mass is 409 g/mol. The van der Waals surface area contributed by atoms with E-state index in [9.17, 15) is 9.90 Å². The van der Waals surface area contributed by atoms with Gasteiger partial charge in [-0.25, -0.2) is 0 Å². The van der Waals surface area contributed by atoms with Crippen LogP contribution in [0.15, 0.2) is 28.9 Å². The van der Waals surface area contributed by atoms with Crippen LogP contribution < -0.4 is 0 Å². The number of hydrogen-bond acceptors (Lipinski definition) is 7. The molecular weight excluding hydrogens is 386 g/mol. The second kappa shape index (κ2) is 6.61. The minimum Gasteiger partial charge on any atom is -0.380 e. The Balaban J connectivity index is 1.19. The second-order valence-corrected chi connectivity index (χ2v) is 8.61. The van der Waals surface area contributed by atoms with Crippen molar-refractivity contribution in [3.05, 3.63) is 30.2 Å². The first-order chi connectivity index (χ1) is 14.6. The zero-order valence-corrected chi connectivity index (χ0v) is 16.5. The van der Waals surface area contributed by atoms with Crippen molar-refractivity contribution in [3.63, 3.8) is 0 Å². The van der Waals surface area contributed by atoms with E-state index in [-0.39, 0.29) is 17.9 Å². The van der Waals surface area contributed by atoms with Crippen LogP contribution in [0.4, 0.5) is 0 Å². The predicted molar refractivity (Wildman–Crippen MR) is 106 cm³/mol. The summed E-state index contributed by atoms with van der Waals surface area (Å²) < 4.78 is 12.9. The SMILES string of the molecule is O=C(N1CCC(c2noc(-c3ccc4cnn(C5COC5)c4c3)n2)CC1)C1(O)CC1. The van der Waals surface area contributed by atoms with Gasteiger partial charge in [-0.1, -0.05) is 11.2 Å². The molecule has 0 bridgehead atoms. The topological polar surface area (TPSA) is 107 Å². The molecule has 2 aromatic heterocycles. The van der Waals surface area contributed by atoms with Crippen LogP contribution in [0.3, 0.4) is 0 Å².